The summed E-state index contributed by atoms with van der Waals surface area (Å²) in [6, 6.07) is 5.56. The normalized spacial score (nSPS) is 17.5. The zero-order valence-corrected chi connectivity index (χ0v) is 26.3. The third-order valence-corrected chi connectivity index (χ3v) is 9.57. The molecule has 1 fully saturated rings. The van der Waals surface area contributed by atoms with Crippen LogP contribution in [0.25, 0.3) is 0 Å². The smallest absolute Gasteiger partial charge is 0.408 e. The molecule has 12 heteroatoms. The van der Waals surface area contributed by atoms with Crippen LogP contribution in [0.1, 0.15) is 78.7 Å². The van der Waals surface area contributed by atoms with Crippen LogP contribution in [0.3, 0.4) is 0 Å². The standard InChI is InChI=1S/C30H49N3O8S/c1-20(2)42(39,40)19-26(35)23(16-21-12-8-6-9-13-21)31-28(37)25(18-34)32-27(36)24(17-22-14-10-7-11-15-22)33-29(38)41-30(3,4)5/h7,10-11,14-15,20-21,23-26,34-35H,6,8-9,12-13,16-19H2,1-5H3,(H,31,37)(H,32,36)(H,33,38)/t23-,24-,25-,26-/m0/s1. The fourth-order valence-electron chi connectivity index (χ4n) is 4.90. The van der Waals surface area contributed by atoms with E-state index in [2.05, 4.69) is 16.0 Å². The summed E-state index contributed by atoms with van der Waals surface area (Å²) >= 11 is 0. The van der Waals surface area contributed by atoms with E-state index < -0.39 is 75.2 Å². The van der Waals surface area contributed by atoms with Gasteiger partial charge < -0.3 is 30.9 Å². The Morgan fingerprint density at radius 1 is 0.952 bits per heavy atom. The third-order valence-electron chi connectivity index (χ3n) is 7.33. The molecule has 1 aromatic carbocycles. The summed E-state index contributed by atoms with van der Waals surface area (Å²) in [4.78, 5) is 39.1. The quantitative estimate of drug-likeness (QED) is 0.213. The first-order valence-corrected chi connectivity index (χ1v) is 16.5. The van der Waals surface area contributed by atoms with Crippen LogP contribution in [0.4, 0.5) is 4.79 Å². The highest BCUT2D eigenvalue weighted by Gasteiger charge is 2.34. The van der Waals surface area contributed by atoms with Gasteiger partial charge in [-0.05, 0) is 52.5 Å². The van der Waals surface area contributed by atoms with E-state index in [0.717, 1.165) is 37.7 Å². The van der Waals surface area contributed by atoms with E-state index >= 15 is 0 Å². The number of aliphatic hydroxyl groups is 2. The second kappa shape index (κ2) is 16.2. The van der Waals surface area contributed by atoms with Crippen LogP contribution in [-0.2, 0) is 30.6 Å². The van der Waals surface area contributed by atoms with Crippen molar-refractivity contribution in [2.45, 2.75) is 115 Å². The van der Waals surface area contributed by atoms with Crippen molar-refractivity contribution in [2.24, 2.45) is 5.92 Å². The highest BCUT2D eigenvalue weighted by atomic mass is 32.2. The number of hydrogen-bond acceptors (Lipinski definition) is 8. The molecule has 238 valence electrons. The van der Waals surface area contributed by atoms with Gasteiger partial charge in [0.1, 0.15) is 17.7 Å². The Morgan fingerprint density at radius 2 is 1.55 bits per heavy atom. The summed E-state index contributed by atoms with van der Waals surface area (Å²) < 4.78 is 30.4. The fourth-order valence-corrected chi connectivity index (χ4v) is 5.99. The van der Waals surface area contributed by atoms with Gasteiger partial charge in [-0.15, -0.1) is 0 Å². The molecular formula is C30H49N3O8S. The van der Waals surface area contributed by atoms with Gasteiger partial charge in [0, 0.05) is 6.42 Å². The Morgan fingerprint density at radius 3 is 2.10 bits per heavy atom. The molecule has 0 radical (unpaired) electrons. The van der Waals surface area contributed by atoms with Gasteiger partial charge in [-0.1, -0.05) is 62.4 Å². The van der Waals surface area contributed by atoms with Crippen LogP contribution in [0.5, 0.6) is 0 Å². The number of aliphatic hydroxyl groups excluding tert-OH is 2. The average molecular weight is 612 g/mol. The van der Waals surface area contributed by atoms with Crippen LogP contribution in [0.15, 0.2) is 30.3 Å². The molecule has 11 nitrogen and oxygen atoms in total. The largest absolute Gasteiger partial charge is 0.444 e. The van der Waals surface area contributed by atoms with Crippen molar-refractivity contribution in [1.82, 2.24) is 16.0 Å². The first-order valence-electron chi connectivity index (χ1n) is 14.8. The molecule has 3 amide bonds. The van der Waals surface area contributed by atoms with Crippen LogP contribution >= 0.6 is 0 Å². The number of carbonyl (C=O) groups excluding carboxylic acids is 3. The van der Waals surface area contributed by atoms with Gasteiger partial charge >= 0.3 is 6.09 Å². The Kier molecular flexibility index (Phi) is 13.7. The lowest BCUT2D eigenvalue weighted by atomic mass is 9.84. The molecule has 0 bridgehead atoms. The molecular weight excluding hydrogens is 562 g/mol. The lowest BCUT2D eigenvalue weighted by Gasteiger charge is -2.31. The van der Waals surface area contributed by atoms with Gasteiger partial charge in [0.15, 0.2) is 9.84 Å². The molecule has 0 heterocycles. The highest BCUT2D eigenvalue weighted by molar-refractivity contribution is 7.92. The Bertz CT molecular complexity index is 1120. The predicted octanol–water partition coefficient (Wildman–Crippen LogP) is 2.24. The molecule has 5 N–H and O–H groups in total. The minimum Gasteiger partial charge on any atom is -0.444 e. The number of nitrogens with one attached hydrogen (secondary N) is 3. The molecule has 1 aliphatic rings. The second-order valence-corrected chi connectivity index (χ2v) is 15.0. The number of amides is 3. The molecule has 1 saturated carbocycles. The molecule has 4 atom stereocenters. The monoisotopic (exact) mass is 611 g/mol. The van der Waals surface area contributed by atoms with E-state index in [4.69, 9.17) is 4.74 Å². The van der Waals surface area contributed by atoms with Gasteiger partial charge in [0.05, 0.1) is 29.8 Å². The summed E-state index contributed by atoms with van der Waals surface area (Å²) in [6.07, 6.45) is 3.27. The van der Waals surface area contributed by atoms with Crippen LogP contribution < -0.4 is 16.0 Å². The van der Waals surface area contributed by atoms with Gasteiger partial charge in [0.2, 0.25) is 11.8 Å². The predicted molar refractivity (Wildman–Crippen MR) is 160 cm³/mol. The summed E-state index contributed by atoms with van der Waals surface area (Å²) in [5.41, 5.74) is -0.0523. The van der Waals surface area contributed by atoms with Gasteiger partial charge in [-0.25, -0.2) is 13.2 Å². The number of hydrogen-bond donors (Lipinski definition) is 5. The number of rotatable bonds is 14. The second-order valence-electron chi connectivity index (χ2n) is 12.4. The Balaban J connectivity index is 2.19. The van der Waals surface area contributed by atoms with E-state index in [1.54, 1.807) is 45.0 Å². The SMILES string of the molecule is CC(C)S(=O)(=O)C[C@H](O)[C@H](CC1CCCCC1)NC(=O)[C@H](CO)NC(=O)[C@H](Cc1ccccc1)NC(=O)OC(C)(C)C. The van der Waals surface area contributed by atoms with Crippen molar-refractivity contribution in [1.29, 1.82) is 0 Å². The topological polar surface area (TPSA) is 171 Å². The zero-order valence-electron chi connectivity index (χ0n) is 25.5. The third kappa shape index (κ3) is 12.3. The maximum atomic E-state index is 13.3. The fraction of sp³-hybridized carbons (Fsp3) is 0.700. The minimum atomic E-state index is -3.60. The zero-order chi connectivity index (χ0) is 31.5. The van der Waals surface area contributed by atoms with Gasteiger partial charge in [-0.2, -0.15) is 0 Å². The Labute approximate surface area is 250 Å². The number of benzene rings is 1. The van der Waals surface area contributed by atoms with E-state index in [-0.39, 0.29) is 12.3 Å². The van der Waals surface area contributed by atoms with Gasteiger partial charge in [0.25, 0.3) is 0 Å². The lowest BCUT2D eigenvalue weighted by molar-refractivity contribution is -0.131. The maximum absolute atomic E-state index is 13.3. The molecule has 42 heavy (non-hydrogen) atoms. The van der Waals surface area contributed by atoms with Crippen molar-refractivity contribution in [3.05, 3.63) is 35.9 Å². The number of alkyl carbamates (subject to hydrolysis) is 1. The Hall–Kier alpha value is -2.70. The van der Waals surface area contributed by atoms with Crippen LogP contribution in [0.2, 0.25) is 0 Å². The number of sulfone groups is 1. The lowest BCUT2D eigenvalue weighted by Crippen LogP contribution is -2.58. The minimum absolute atomic E-state index is 0.0990. The molecule has 0 saturated heterocycles. The average Bonchev–Trinajstić information content (AvgIpc) is 2.90. The molecule has 0 spiro atoms. The maximum Gasteiger partial charge on any atom is 0.408 e. The molecule has 2 rings (SSSR count). The first-order chi connectivity index (χ1) is 19.6. The van der Waals surface area contributed by atoms with Crippen molar-refractivity contribution in [3.8, 4) is 0 Å². The van der Waals surface area contributed by atoms with Crippen LogP contribution in [-0.4, -0.2) is 84.0 Å². The van der Waals surface area contributed by atoms with Crippen molar-refractivity contribution in [2.75, 3.05) is 12.4 Å². The van der Waals surface area contributed by atoms with Crippen molar-refractivity contribution < 1.29 is 37.8 Å². The highest BCUT2D eigenvalue weighted by Crippen LogP contribution is 2.28. The number of carbonyl (C=O) groups is 3. The van der Waals surface area contributed by atoms with E-state index in [0.29, 0.717) is 6.42 Å². The van der Waals surface area contributed by atoms with Gasteiger partial charge in [-0.3, -0.25) is 9.59 Å². The molecule has 1 aliphatic carbocycles. The summed E-state index contributed by atoms with van der Waals surface area (Å²) in [6.45, 7) is 7.38. The van der Waals surface area contributed by atoms with Crippen molar-refractivity contribution in [3.63, 3.8) is 0 Å². The molecule has 0 aromatic heterocycles. The molecule has 0 aliphatic heterocycles. The molecule has 1 aromatic rings. The summed E-state index contributed by atoms with van der Waals surface area (Å²) in [7, 11) is -3.60. The van der Waals surface area contributed by atoms with Crippen LogP contribution in [0, 0.1) is 5.92 Å². The van der Waals surface area contributed by atoms with E-state index in [1.807, 2.05) is 6.07 Å². The summed E-state index contributed by atoms with van der Waals surface area (Å²) in [5, 5.41) is 28.0. The first kappa shape index (κ1) is 35.5. The van der Waals surface area contributed by atoms with Crippen molar-refractivity contribution >= 4 is 27.7 Å². The molecule has 0 unspecified atom stereocenters. The number of ether oxygens (including phenoxy) is 1. The van der Waals surface area contributed by atoms with E-state index in [1.165, 1.54) is 13.8 Å². The van der Waals surface area contributed by atoms with E-state index in [9.17, 15) is 33.0 Å². The summed E-state index contributed by atoms with van der Waals surface area (Å²) in [5.74, 6) is -1.79.